The minimum absolute atomic E-state index is 0.0768. The predicted octanol–water partition coefficient (Wildman–Crippen LogP) is 2.09. The third-order valence-corrected chi connectivity index (χ3v) is 3.00. The first kappa shape index (κ1) is 16.6. The predicted molar refractivity (Wildman–Crippen MR) is 63.9 cm³/mol. The van der Waals surface area contributed by atoms with Crippen molar-refractivity contribution >= 4 is 17.7 Å². The van der Waals surface area contributed by atoms with E-state index in [4.69, 9.17) is 0 Å². The molecule has 3 nitrogen and oxygen atoms in total. The Kier molecular flexibility index (Phi) is 7.61. The van der Waals surface area contributed by atoms with Crippen molar-refractivity contribution in [3.05, 3.63) is 0 Å². The summed E-state index contributed by atoms with van der Waals surface area (Å²) in [5, 5.41) is 2.79. The maximum absolute atomic E-state index is 11.8. The fourth-order valence-electron chi connectivity index (χ4n) is 1.34. The van der Waals surface area contributed by atoms with Gasteiger partial charge < -0.3 is 10.2 Å². The van der Waals surface area contributed by atoms with E-state index < -0.39 is 11.6 Å². The van der Waals surface area contributed by atoms with Gasteiger partial charge >= 0.3 is 5.51 Å². The molecule has 7 heteroatoms. The topological polar surface area (TPSA) is 32.3 Å². The molecule has 0 saturated heterocycles. The molecule has 0 radical (unpaired) electrons. The first-order valence-corrected chi connectivity index (χ1v) is 6.53. The van der Waals surface area contributed by atoms with E-state index >= 15 is 0 Å². The number of halogens is 3. The fourth-order valence-corrected chi connectivity index (χ4v) is 1.79. The molecule has 0 fully saturated rings. The molecule has 0 aromatic carbocycles. The summed E-state index contributed by atoms with van der Waals surface area (Å²) in [5.41, 5.74) is -4.20. The molecular weight excluding hydrogens is 253 g/mol. The smallest absolute Gasteiger partial charge is 0.342 e. The summed E-state index contributed by atoms with van der Waals surface area (Å²) in [5.74, 6) is -0.161. The van der Waals surface area contributed by atoms with Crippen molar-refractivity contribution in [2.45, 2.75) is 32.3 Å². The molecule has 1 unspecified atom stereocenters. The Bertz CT molecular complexity index is 232. The second kappa shape index (κ2) is 7.81. The number of hydrogen-bond donors (Lipinski definition) is 1. The SMILES string of the molecule is CCN(CC)C(=O)C(C)NCCSC(F)(F)F. The minimum atomic E-state index is -4.20. The van der Waals surface area contributed by atoms with Crippen LogP contribution in [0.5, 0.6) is 0 Å². The van der Waals surface area contributed by atoms with Crippen LogP contribution < -0.4 is 5.32 Å². The quantitative estimate of drug-likeness (QED) is 0.720. The van der Waals surface area contributed by atoms with Gasteiger partial charge in [-0.05, 0) is 32.5 Å². The normalized spacial score (nSPS) is 13.5. The Morgan fingerprint density at radius 1 is 1.35 bits per heavy atom. The molecule has 1 amide bonds. The molecular formula is C10H19F3N2OS. The van der Waals surface area contributed by atoms with Crippen LogP contribution in [0.3, 0.4) is 0 Å². The fraction of sp³-hybridized carbons (Fsp3) is 0.900. The Balaban J connectivity index is 3.86. The summed E-state index contributed by atoms with van der Waals surface area (Å²) >= 11 is -0.0802. The number of alkyl halides is 3. The van der Waals surface area contributed by atoms with E-state index in [1.54, 1.807) is 11.8 Å². The molecule has 0 bridgehead atoms. The van der Waals surface area contributed by atoms with E-state index in [1.165, 1.54) is 0 Å². The van der Waals surface area contributed by atoms with Crippen molar-refractivity contribution < 1.29 is 18.0 Å². The zero-order chi connectivity index (χ0) is 13.5. The van der Waals surface area contributed by atoms with Crippen molar-refractivity contribution in [3.8, 4) is 0 Å². The molecule has 1 N–H and O–H groups in total. The Hall–Kier alpha value is -0.430. The van der Waals surface area contributed by atoms with Gasteiger partial charge in [-0.25, -0.2) is 0 Å². The molecule has 0 aliphatic rings. The zero-order valence-electron chi connectivity index (χ0n) is 10.3. The lowest BCUT2D eigenvalue weighted by atomic mass is 10.3. The second-order valence-electron chi connectivity index (χ2n) is 3.48. The number of rotatable bonds is 7. The van der Waals surface area contributed by atoms with Gasteiger partial charge in [-0.2, -0.15) is 13.2 Å². The molecule has 0 aliphatic heterocycles. The van der Waals surface area contributed by atoms with Crippen LogP contribution in [0.25, 0.3) is 0 Å². The molecule has 0 rings (SSSR count). The highest BCUT2D eigenvalue weighted by atomic mass is 32.2. The van der Waals surface area contributed by atoms with Gasteiger partial charge in [-0.15, -0.1) is 0 Å². The van der Waals surface area contributed by atoms with Crippen LogP contribution in [-0.2, 0) is 4.79 Å². The van der Waals surface area contributed by atoms with Gasteiger partial charge in [-0.1, -0.05) is 0 Å². The number of nitrogens with one attached hydrogen (secondary N) is 1. The van der Waals surface area contributed by atoms with Crippen molar-refractivity contribution in [3.63, 3.8) is 0 Å². The number of carbonyl (C=O) groups excluding carboxylic acids is 1. The summed E-state index contributed by atoms with van der Waals surface area (Å²) in [4.78, 5) is 13.4. The average molecular weight is 272 g/mol. The third kappa shape index (κ3) is 7.49. The van der Waals surface area contributed by atoms with Crippen LogP contribution in [0.2, 0.25) is 0 Å². The lowest BCUT2D eigenvalue weighted by Crippen LogP contribution is -2.45. The van der Waals surface area contributed by atoms with Crippen molar-refractivity contribution in [2.75, 3.05) is 25.4 Å². The molecule has 17 heavy (non-hydrogen) atoms. The van der Waals surface area contributed by atoms with Crippen molar-refractivity contribution in [2.24, 2.45) is 0 Å². The lowest BCUT2D eigenvalue weighted by molar-refractivity contribution is -0.132. The standard InChI is InChI=1S/C10H19F3N2OS/c1-4-15(5-2)9(16)8(3)14-6-7-17-10(11,12)13/h8,14H,4-7H2,1-3H3. The number of nitrogens with zero attached hydrogens (tertiary/aromatic N) is 1. The van der Waals surface area contributed by atoms with Crippen molar-refractivity contribution in [1.29, 1.82) is 0 Å². The van der Waals surface area contributed by atoms with E-state index in [9.17, 15) is 18.0 Å². The summed E-state index contributed by atoms with van der Waals surface area (Å²) in [7, 11) is 0. The van der Waals surface area contributed by atoms with E-state index in [0.29, 0.717) is 13.1 Å². The highest BCUT2D eigenvalue weighted by Gasteiger charge is 2.27. The van der Waals surface area contributed by atoms with Crippen LogP contribution in [0.4, 0.5) is 13.2 Å². The average Bonchev–Trinajstić information content (AvgIpc) is 2.24. The van der Waals surface area contributed by atoms with Gasteiger partial charge in [0.15, 0.2) is 0 Å². The molecule has 0 aliphatic carbocycles. The van der Waals surface area contributed by atoms with Gasteiger partial charge in [0.2, 0.25) is 5.91 Å². The van der Waals surface area contributed by atoms with E-state index in [2.05, 4.69) is 5.32 Å². The summed E-state index contributed by atoms with van der Waals surface area (Å²) in [6.07, 6.45) is 0. The van der Waals surface area contributed by atoms with Crippen molar-refractivity contribution in [1.82, 2.24) is 10.2 Å². The molecule has 0 aromatic heterocycles. The van der Waals surface area contributed by atoms with Gasteiger partial charge in [0.25, 0.3) is 0 Å². The highest BCUT2D eigenvalue weighted by Crippen LogP contribution is 2.29. The largest absolute Gasteiger partial charge is 0.441 e. The first-order chi connectivity index (χ1) is 7.81. The molecule has 0 saturated carbocycles. The summed E-state index contributed by atoms with van der Waals surface area (Å²) in [6, 6.07) is -0.441. The Labute approximate surface area is 104 Å². The van der Waals surface area contributed by atoms with Gasteiger partial charge in [0.05, 0.1) is 6.04 Å². The van der Waals surface area contributed by atoms with Crippen LogP contribution in [-0.4, -0.2) is 47.7 Å². The van der Waals surface area contributed by atoms with E-state index in [1.807, 2.05) is 13.8 Å². The number of carbonyl (C=O) groups is 1. The second-order valence-corrected chi connectivity index (χ2v) is 4.64. The Morgan fingerprint density at radius 3 is 2.29 bits per heavy atom. The molecule has 102 valence electrons. The highest BCUT2D eigenvalue weighted by molar-refractivity contribution is 8.00. The number of amides is 1. The van der Waals surface area contributed by atoms with E-state index in [0.717, 1.165) is 0 Å². The maximum atomic E-state index is 11.8. The summed E-state index contributed by atoms with van der Waals surface area (Å²) in [6.45, 7) is 6.79. The van der Waals surface area contributed by atoms with E-state index in [-0.39, 0.29) is 30.0 Å². The van der Waals surface area contributed by atoms with Crippen LogP contribution in [0.1, 0.15) is 20.8 Å². The van der Waals surface area contributed by atoms with Gasteiger partial charge in [0, 0.05) is 25.4 Å². The lowest BCUT2D eigenvalue weighted by Gasteiger charge is -2.23. The van der Waals surface area contributed by atoms with Crippen LogP contribution >= 0.6 is 11.8 Å². The van der Waals surface area contributed by atoms with Gasteiger partial charge in [0.1, 0.15) is 0 Å². The third-order valence-electron chi connectivity index (χ3n) is 2.26. The minimum Gasteiger partial charge on any atom is -0.342 e. The molecule has 1 atom stereocenters. The maximum Gasteiger partial charge on any atom is 0.441 e. The zero-order valence-corrected chi connectivity index (χ0v) is 11.1. The van der Waals surface area contributed by atoms with Gasteiger partial charge in [-0.3, -0.25) is 4.79 Å². The molecule has 0 heterocycles. The van der Waals surface area contributed by atoms with Crippen LogP contribution in [0, 0.1) is 0 Å². The number of likely N-dealkylation sites (N-methyl/N-ethyl adjacent to an activating group) is 1. The molecule has 0 spiro atoms. The Morgan fingerprint density at radius 2 is 1.88 bits per heavy atom. The monoisotopic (exact) mass is 272 g/mol. The van der Waals surface area contributed by atoms with Crippen LogP contribution in [0.15, 0.2) is 0 Å². The summed E-state index contributed by atoms with van der Waals surface area (Å²) < 4.78 is 35.5. The first-order valence-electron chi connectivity index (χ1n) is 5.54. The molecule has 0 aromatic rings. The number of hydrogen-bond acceptors (Lipinski definition) is 3. The number of thioether (sulfide) groups is 1.